The highest BCUT2D eigenvalue weighted by Gasteiger charge is 2.32. The number of nitrogens with zero attached hydrogens (tertiary/aromatic N) is 5. The quantitative estimate of drug-likeness (QED) is 0.754. The molecule has 27 heavy (non-hydrogen) atoms. The van der Waals surface area contributed by atoms with Crippen LogP contribution in [0.15, 0.2) is 48.5 Å². The minimum atomic E-state index is -0.0791. The normalized spacial score (nSPS) is 13.4. The first-order valence-corrected chi connectivity index (χ1v) is 9.09. The van der Waals surface area contributed by atoms with Crippen LogP contribution in [0.25, 0.3) is 5.69 Å². The third kappa shape index (κ3) is 3.97. The molecule has 1 fully saturated rings. The molecule has 3 aromatic rings. The number of carbonyl (C=O) groups is 1. The molecule has 1 heterocycles. The molecule has 0 aliphatic heterocycles. The summed E-state index contributed by atoms with van der Waals surface area (Å²) in [7, 11) is 0. The predicted molar refractivity (Wildman–Crippen MR) is 103 cm³/mol. The van der Waals surface area contributed by atoms with Gasteiger partial charge in [-0.2, -0.15) is 4.68 Å². The molecule has 0 atom stereocenters. The summed E-state index contributed by atoms with van der Waals surface area (Å²) < 4.78 is 1.64. The highest BCUT2D eigenvalue weighted by atomic mass is 16.2. The van der Waals surface area contributed by atoms with Crippen molar-refractivity contribution >= 4 is 11.7 Å². The number of hydrogen-bond acceptors (Lipinski definition) is 4. The Kier molecular flexibility index (Phi) is 4.58. The van der Waals surface area contributed by atoms with Gasteiger partial charge in [-0.25, -0.2) is 4.79 Å². The van der Waals surface area contributed by atoms with E-state index >= 15 is 0 Å². The van der Waals surface area contributed by atoms with Gasteiger partial charge in [0.15, 0.2) is 5.82 Å². The van der Waals surface area contributed by atoms with E-state index in [4.69, 9.17) is 0 Å². The maximum Gasteiger partial charge on any atom is 0.322 e. The van der Waals surface area contributed by atoms with E-state index in [1.54, 1.807) is 4.68 Å². The fourth-order valence-corrected chi connectivity index (χ4v) is 3.14. The fourth-order valence-electron chi connectivity index (χ4n) is 3.14. The summed E-state index contributed by atoms with van der Waals surface area (Å²) in [4.78, 5) is 14.8. The minimum Gasteiger partial charge on any atom is -0.317 e. The van der Waals surface area contributed by atoms with Crippen LogP contribution in [0.4, 0.5) is 10.5 Å². The Morgan fingerprint density at radius 1 is 1.19 bits per heavy atom. The van der Waals surface area contributed by atoms with Crippen molar-refractivity contribution in [3.63, 3.8) is 0 Å². The number of benzene rings is 2. The lowest BCUT2D eigenvalue weighted by atomic mass is 10.1. The molecule has 0 spiro atoms. The number of tetrazole rings is 1. The van der Waals surface area contributed by atoms with Crippen LogP contribution < -0.4 is 5.32 Å². The van der Waals surface area contributed by atoms with Gasteiger partial charge in [-0.15, -0.1) is 5.10 Å². The fraction of sp³-hybridized carbons (Fsp3) is 0.300. The van der Waals surface area contributed by atoms with Gasteiger partial charge in [0.1, 0.15) is 0 Å². The molecule has 1 aliphatic rings. The van der Waals surface area contributed by atoms with E-state index in [-0.39, 0.29) is 6.03 Å². The van der Waals surface area contributed by atoms with E-state index in [1.165, 1.54) is 5.56 Å². The summed E-state index contributed by atoms with van der Waals surface area (Å²) in [5, 5.41) is 14.6. The highest BCUT2D eigenvalue weighted by Crippen LogP contribution is 2.29. The molecule has 1 aliphatic carbocycles. The molecule has 4 rings (SSSR count). The third-order valence-corrected chi connectivity index (χ3v) is 4.65. The maximum absolute atomic E-state index is 12.9. The lowest BCUT2D eigenvalue weighted by molar-refractivity contribution is 0.206. The Balaban J connectivity index is 1.51. The van der Waals surface area contributed by atoms with Gasteiger partial charge < -0.3 is 10.2 Å². The minimum absolute atomic E-state index is 0.0791. The summed E-state index contributed by atoms with van der Waals surface area (Å²) in [6.07, 6.45) is 2.12. The van der Waals surface area contributed by atoms with Gasteiger partial charge in [-0.1, -0.05) is 35.9 Å². The molecular weight excluding hydrogens is 340 g/mol. The number of aryl methyl sites for hydroxylation is 2. The number of rotatable bonds is 5. The number of aromatic nitrogens is 4. The molecule has 2 amide bonds. The summed E-state index contributed by atoms with van der Waals surface area (Å²) in [6, 6.07) is 16.1. The van der Waals surface area contributed by atoms with Crippen LogP contribution in [0.2, 0.25) is 0 Å². The van der Waals surface area contributed by atoms with E-state index in [2.05, 4.69) is 46.0 Å². The second kappa shape index (κ2) is 7.19. The first-order valence-electron chi connectivity index (χ1n) is 9.09. The number of urea groups is 1. The van der Waals surface area contributed by atoms with Crippen LogP contribution >= 0.6 is 0 Å². The molecule has 0 bridgehead atoms. The SMILES string of the molecule is Cc1cccc(CN(C(=O)Nc2cccc(-n3nnnc3C)c2)C2CC2)c1. The van der Waals surface area contributed by atoms with Crippen LogP contribution in [0, 0.1) is 13.8 Å². The van der Waals surface area contributed by atoms with Crippen molar-refractivity contribution in [2.24, 2.45) is 0 Å². The zero-order chi connectivity index (χ0) is 18.8. The van der Waals surface area contributed by atoms with Gasteiger partial charge in [-0.3, -0.25) is 0 Å². The lowest BCUT2D eigenvalue weighted by Crippen LogP contribution is -2.36. The van der Waals surface area contributed by atoms with Gasteiger partial charge in [0.2, 0.25) is 0 Å². The van der Waals surface area contributed by atoms with E-state index in [1.807, 2.05) is 42.2 Å². The number of hydrogen-bond donors (Lipinski definition) is 1. The Morgan fingerprint density at radius 2 is 2.00 bits per heavy atom. The molecule has 2 aromatic carbocycles. The molecule has 138 valence electrons. The van der Waals surface area contributed by atoms with Crippen molar-refractivity contribution in [2.45, 2.75) is 39.3 Å². The van der Waals surface area contributed by atoms with Crippen LogP contribution in [0.1, 0.15) is 29.8 Å². The van der Waals surface area contributed by atoms with Gasteiger partial charge in [-0.05, 0) is 60.9 Å². The van der Waals surface area contributed by atoms with Crippen molar-refractivity contribution in [1.82, 2.24) is 25.1 Å². The summed E-state index contributed by atoms with van der Waals surface area (Å²) in [5.74, 6) is 0.692. The summed E-state index contributed by atoms with van der Waals surface area (Å²) in [6.45, 7) is 4.52. The maximum atomic E-state index is 12.9. The predicted octanol–water partition coefficient (Wildman–Crippen LogP) is 3.48. The van der Waals surface area contributed by atoms with Crippen LogP contribution in [-0.2, 0) is 6.54 Å². The summed E-state index contributed by atoms with van der Waals surface area (Å²) >= 11 is 0. The van der Waals surface area contributed by atoms with Crippen molar-refractivity contribution in [2.75, 3.05) is 5.32 Å². The van der Waals surface area contributed by atoms with Gasteiger partial charge in [0.25, 0.3) is 0 Å². The second-order valence-corrected chi connectivity index (χ2v) is 6.97. The second-order valence-electron chi connectivity index (χ2n) is 6.97. The molecule has 0 unspecified atom stereocenters. The van der Waals surface area contributed by atoms with Crippen LogP contribution in [0.5, 0.6) is 0 Å². The van der Waals surface area contributed by atoms with Crippen molar-refractivity contribution in [3.8, 4) is 5.69 Å². The largest absolute Gasteiger partial charge is 0.322 e. The lowest BCUT2D eigenvalue weighted by Gasteiger charge is -2.23. The van der Waals surface area contributed by atoms with E-state index in [9.17, 15) is 4.79 Å². The van der Waals surface area contributed by atoms with E-state index < -0.39 is 0 Å². The average molecular weight is 362 g/mol. The third-order valence-electron chi connectivity index (χ3n) is 4.65. The summed E-state index contributed by atoms with van der Waals surface area (Å²) in [5.41, 5.74) is 3.89. The van der Waals surface area contributed by atoms with Crippen molar-refractivity contribution < 1.29 is 4.79 Å². The Morgan fingerprint density at radius 3 is 2.70 bits per heavy atom. The first-order chi connectivity index (χ1) is 13.1. The molecule has 7 heteroatoms. The van der Waals surface area contributed by atoms with Gasteiger partial charge in [0, 0.05) is 18.3 Å². The highest BCUT2D eigenvalue weighted by molar-refractivity contribution is 5.90. The zero-order valence-corrected chi connectivity index (χ0v) is 15.5. The number of carbonyl (C=O) groups excluding carboxylic acids is 1. The molecule has 7 nitrogen and oxygen atoms in total. The molecular formula is C20H22N6O. The molecule has 1 aromatic heterocycles. The molecule has 1 N–H and O–H groups in total. The standard InChI is InChI=1S/C20H22N6O/c1-14-5-3-6-16(11-14)13-25(18-9-10-18)20(27)21-17-7-4-8-19(12-17)26-15(2)22-23-24-26/h3-8,11-12,18H,9-10,13H2,1-2H3,(H,21,27). The van der Waals surface area contributed by atoms with Crippen molar-refractivity contribution in [3.05, 3.63) is 65.5 Å². The van der Waals surface area contributed by atoms with Gasteiger partial charge >= 0.3 is 6.03 Å². The Hall–Kier alpha value is -3.22. The topological polar surface area (TPSA) is 75.9 Å². The number of anilines is 1. The number of nitrogens with one attached hydrogen (secondary N) is 1. The van der Waals surface area contributed by atoms with Crippen LogP contribution in [0.3, 0.4) is 0 Å². The Bertz CT molecular complexity index is 962. The smallest absolute Gasteiger partial charge is 0.317 e. The monoisotopic (exact) mass is 362 g/mol. The first kappa shape index (κ1) is 17.2. The molecule has 1 saturated carbocycles. The average Bonchev–Trinajstić information content (AvgIpc) is 3.40. The molecule has 0 saturated heterocycles. The Labute approximate surface area is 158 Å². The number of amides is 2. The van der Waals surface area contributed by atoms with Gasteiger partial charge in [0.05, 0.1) is 5.69 Å². The molecule has 0 radical (unpaired) electrons. The van der Waals surface area contributed by atoms with E-state index in [0.717, 1.165) is 29.8 Å². The van der Waals surface area contributed by atoms with Crippen molar-refractivity contribution in [1.29, 1.82) is 0 Å². The van der Waals surface area contributed by atoms with E-state index in [0.29, 0.717) is 18.4 Å². The zero-order valence-electron chi connectivity index (χ0n) is 15.5. The van der Waals surface area contributed by atoms with Crippen LogP contribution in [-0.4, -0.2) is 37.2 Å².